The summed E-state index contributed by atoms with van der Waals surface area (Å²) < 4.78 is 5.45. The van der Waals surface area contributed by atoms with Gasteiger partial charge in [-0.25, -0.2) is 0 Å². The van der Waals surface area contributed by atoms with Gasteiger partial charge in [-0.2, -0.15) is 0 Å². The van der Waals surface area contributed by atoms with Gasteiger partial charge < -0.3 is 26.2 Å². The van der Waals surface area contributed by atoms with Crippen molar-refractivity contribution in [1.82, 2.24) is 15.5 Å². The zero-order chi connectivity index (χ0) is 25.2. The smallest absolute Gasteiger partial charge is 0.251 e. The third-order valence-electron chi connectivity index (χ3n) is 6.80. The van der Waals surface area contributed by atoms with Gasteiger partial charge in [0.15, 0.2) is 0 Å². The maximum Gasteiger partial charge on any atom is 0.251 e. The lowest BCUT2D eigenvalue weighted by Gasteiger charge is -2.33. The molecule has 1 amide bonds. The van der Waals surface area contributed by atoms with E-state index >= 15 is 0 Å². The second kappa shape index (κ2) is 13.5. The Hall–Kier alpha value is -2.81. The lowest BCUT2D eigenvalue weighted by Crippen LogP contribution is -2.53. The van der Waals surface area contributed by atoms with E-state index in [1.165, 1.54) is 0 Å². The molecule has 0 radical (unpaired) electrons. The molecule has 7 heteroatoms. The molecule has 0 aromatic heterocycles. The minimum atomic E-state index is -0.557. The Morgan fingerprint density at radius 1 is 1.00 bits per heavy atom. The molecule has 1 saturated heterocycles. The molecule has 4 rings (SSSR count). The van der Waals surface area contributed by atoms with Crippen LogP contribution in [0.5, 0.6) is 0 Å². The predicted molar refractivity (Wildman–Crippen MR) is 144 cm³/mol. The lowest BCUT2D eigenvalue weighted by molar-refractivity contribution is 0.00631. The van der Waals surface area contributed by atoms with Crippen LogP contribution in [0.3, 0.4) is 0 Å². The average molecular weight is 491 g/mol. The van der Waals surface area contributed by atoms with Crippen molar-refractivity contribution in [3.05, 3.63) is 83.9 Å². The number of ether oxygens (including phenoxy) is 1. The van der Waals surface area contributed by atoms with Gasteiger partial charge >= 0.3 is 0 Å². The van der Waals surface area contributed by atoms with Crippen LogP contribution in [0.25, 0.3) is 10.8 Å². The molecule has 1 aliphatic heterocycles. The van der Waals surface area contributed by atoms with Crippen LogP contribution >= 0.6 is 0 Å². The minimum absolute atomic E-state index is 0.116. The standard InChI is InChI=1S/C29H38N4O3/c30-13-12-26(32-29(35)25-11-10-23-8-4-5-9-24(23)19-25)20-31-27(18-22-6-2-1-3-7-22)28(34)21-33-14-16-36-17-15-33/h1-11,19,26-28,31,34H,12-18,20-21,30H2,(H,32,35)/t26-,27-,28+/m0/s1. The van der Waals surface area contributed by atoms with Crippen molar-refractivity contribution in [2.24, 2.45) is 5.73 Å². The number of benzene rings is 3. The highest BCUT2D eigenvalue weighted by atomic mass is 16.5. The molecule has 0 saturated carbocycles. The number of morpholine rings is 1. The molecule has 36 heavy (non-hydrogen) atoms. The molecule has 0 spiro atoms. The van der Waals surface area contributed by atoms with Crippen LogP contribution in [0, 0.1) is 0 Å². The number of rotatable bonds is 12. The van der Waals surface area contributed by atoms with E-state index in [4.69, 9.17) is 10.5 Å². The highest BCUT2D eigenvalue weighted by Gasteiger charge is 2.24. The number of carbonyl (C=O) groups is 1. The number of fused-ring (bicyclic) bond motifs is 1. The number of nitrogens with zero attached hydrogens (tertiary/aromatic N) is 1. The summed E-state index contributed by atoms with van der Waals surface area (Å²) in [5.74, 6) is -0.116. The van der Waals surface area contributed by atoms with Gasteiger partial charge in [0.1, 0.15) is 0 Å². The summed E-state index contributed by atoms with van der Waals surface area (Å²) in [5.41, 5.74) is 7.67. The van der Waals surface area contributed by atoms with E-state index in [9.17, 15) is 9.90 Å². The van der Waals surface area contributed by atoms with Gasteiger partial charge in [-0.15, -0.1) is 0 Å². The first-order valence-electron chi connectivity index (χ1n) is 12.9. The summed E-state index contributed by atoms with van der Waals surface area (Å²) in [7, 11) is 0. The number of amides is 1. The SMILES string of the molecule is NCC[C@@H](CN[C@@H](Cc1ccccc1)[C@H](O)CN1CCOCC1)NC(=O)c1ccc2ccccc2c1. The Bertz CT molecular complexity index is 1090. The summed E-state index contributed by atoms with van der Waals surface area (Å²) in [5, 5.41) is 20.0. The lowest BCUT2D eigenvalue weighted by atomic mass is 10.00. The Morgan fingerprint density at radius 3 is 2.47 bits per heavy atom. The Balaban J connectivity index is 1.40. The first-order valence-corrected chi connectivity index (χ1v) is 12.9. The highest BCUT2D eigenvalue weighted by molar-refractivity contribution is 5.98. The summed E-state index contributed by atoms with van der Waals surface area (Å²) in [6, 6.07) is 23.6. The number of aliphatic hydroxyl groups excluding tert-OH is 1. The normalized spacial score (nSPS) is 16.9. The maximum atomic E-state index is 13.1. The van der Waals surface area contributed by atoms with Crippen LogP contribution < -0.4 is 16.4 Å². The van der Waals surface area contributed by atoms with Crippen LogP contribution in [0.1, 0.15) is 22.3 Å². The van der Waals surface area contributed by atoms with Crippen molar-refractivity contribution in [2.75, 3.05) is 45.9 Å². The second-order valence-electron chi connectivity index (χ2n) is 9.49. The molecule has 3 atom stereocenters. The van der Waals surface area contributed by atoms with Crippen molar-refractivity contribution < 1.29 is 14.6 Å². The second-order valence-corrected chi connectivity index (χ2v) is 9.49. The first-order chi connectivity index (χ1) is 17.6. The summed E-state index contributed by atoms with van der Waals surface area (Å²) in [4.78, 5) is 15.3. The van der Waals surface area contributed by atoms with Crippen LogP contribution in [-0.2, 0) is 11.2 Å². The zero-order valence-electron chi connectivity index (χ0n) is 20.8. The van der Waals surface area contributed by atoms with Gasteiger partial charge in [-0.3, -0.25) is 9.69 Å². The van der Waals surface area contributed by atoms with E-state index < -0.39 is 6.10 Å². The highest BCUT2D eigenvalue weighted by Crippen LogP contribution is 2.16. The van der Waals surface area contributed by atoms with E-state index in [1.54, 1.807) is 0 Å². The molecule has 1 aliphatic rings. The summed E-state index contributed by atoms with van der Waals surface area (Å²) in [6.45, 7) is 4.61. The third-order valence-corrected chi connectivity index (χ3v) is 6.80. The predicted octanol–water partition coefficient (Wildman–Crippen LogP) is 2.18. The Morgan fingerprint density at radius 2 is 1.72 bits per heavy atom. The fourth-order valence-electron chi connectivity index (χ4n) is 4.71. The average Bonchev–Trinajstić information content (AvgIpc) is 2.91. The molecule has 0 bridgehead atoms. The third kappa shape index (κ3) is 7.59. The zero-order valence-corrected chi connectivity index (χ0v) is 20.8. The fourth-order valence-corrected chi connectivity index (χ4v) is 4.71. The van der Waals surface area contributed by atoms with Crippen molar-refractivity contribution in [2.45, 2.75) is 31.0 Å². The van der Waals surface area contributed by atoms with E-state index in [-0.39, 0.29) is 18.0 Å². The van der Waals surface area contributed by atoms with Crippen molar-refractivity contribution >= 4 is 16.7 Å². The number of aliphatic hydroxyl groups is 1. The van der Waals surface area contributed by atoms with Gasteiger partial charge in [0, 0.05) is 43.8 Å². The van der Waals surface area contributed by atoms with Gasteiger partial charge in [0.2, 0.25) is 0 Å². The van der Waals surface area contributed by atoms with Crippen LogP contribution in [-0.4, -0.2) is 80.0 Å². The van der Waals surface area contributed by atoms with Crippen molar-refractivity contribution in [3.8, 4) is 0 Å². The largest absolute Gasteiger partial charge is 0.390 e. The fraction of sp³-hybridized carbons (Fsp3) is 0.414. The quantitative estimate of drug-likeness (QED) is 0.311. The summed E-state index contributed by atoms with van der Waals surface area (Å²) >= 11 is 0. The van der Waals surface area contributed by atoms with E-state index in [0.29, 0.717) is 51.3 Å². The van der Waals surface area contributed by atoms with Crippen molar-refractivity contribution in [3.63, 3.8) is 0 Å². The molecule has 1 heterocycles. The first kappa shape index (κ1) is 26.3. The number of nitrogens with two attached hydrogens (primary N) is 1. The number of hydrogen-bond acceptors (Lipinski definition) is 6. The molecule has 5 N–H and O–H groups in total. The molecule has 3 aromatic rings. The number of hydrogen-bond donors (Lipinski definition) is 4. The van der Waals surface area contributed by atoms with Gasteiger partial charge in [0.25, 0.3) is 5.91 Å². The number of carbonyl (C=O) groups excluding carboxylic acids is 1. The minimum Gasteiger partial charge on any atom is -0.390 e. The van der Waals surface area contributed by atoms with Gasteiger partial charge in [-0.1, -0.05) is 60.7 Å². The molecule has 0 unspecified atom stereocenters. The van der Waals surface area contributed by atoms with E-state index in [2.05, 4.69) is 27.7 Å². The van der Waals surface area contributed by atoms with E-state index in [0.717, 1.165) is 29.4 Å². The molecule has 7 nitrogen and oxygen atoms in total. The topological polar surface area (TPSA) is 99.8 Å². The molecule has 192 valence electrons. The number of β-amino-alcohol motifs (C(OH)–C–C–N with tert-alkyl or cyclic N) is 1. The Labute approximate surface area is 213 Å². The van der Waals surface area contributed by atoms with Crippen molar-refractivity contribution in [1.29, 1.82) is 0 Å². The monoisotopic (exact) mass is 490 g/mol. The summed E-state index contributed by atoms with van der Waals surface area (Å²) in [6.07, 6.45) is 0.780. The maximum absolute atomic E-state index is 13.1. The molecular weight excluding hydrogens is 452 g/mol. The van der Waals surface area contributed by atoms with E-state index in [1.807, 2.05) is 60.7 Å². The Kier molecular flexibility index (Phi) is 9.84. The van der Waals surface area contributed by atoms with Gasteiger partial charge in [0.05, 0.1) is 19.3 Å². The molecular formula is C29H38N4O3. The molecule has 0 aliphatic carbocycles. The number of nitrogens with one attached hydrogen (secondary N) is 2. The molecule has 1 fully saturated rings. The van der Waals surface area contributed by atoms with Crippen LogP contribution in [0.2, 0.25) is 0 Å². The molecule has 3 aromatic carbocycles. The van der Waals surface area contributed by atoms with Crippen LogP contribution in [0.15, 0.2) is 72.8 Å². The van der Waals surface area contributed by atoms with Gasteiger partial charge in [-0.05, 0) is 47.9 Å². The van der Waals surface area contributed by atoms with Crippen LogP contribution in [0.4, 0.5) is 0 Å².